The van der Waals surface area contributed by atoms with Gasteiger partial charge in [-0.3, -0.25) is 0 Å². The SMILES string of the molecule is C[C@@H]1C[C@H](C)CN(C[C@@H](C)NS(=O)(=O)[C@@H]2CCOC2)C1. The molecule has 0 radical (unpaired) electrons. The third-order valence-corrected chi connectivity index (χ3v) is 6.15. The van der Waals surface area contributed by atoms with Gasteiger partial charge in [0.1, 0.15) is 5.25 Å². The lowest BCUT2D eigenvalue weighted by molar-refractivity contribution is 0.134. The van der Waals surface area contributed by atoms with Crippen LogP contribution in [0.15, 0.2) is 0 Å². The summed E-state index contributed by atoms with van der Waals surface area (Å²) in [5.74, 6) is 1.40. The lowest BCUT2D eigenvalue weighted by Crippen LogP contribution is -2.48. The van der Waals surface area contributed by atoms with Crippen molar-refractivity contribution in [2.75, 3.05) is 32.8 Å². The van der Waals surface area contributed by atoms with Gasteiger partial charge in [-0.1, -0.05) is 13.8 Å². The summed E-state index contributed by atoms with van der Waals surface area (Å²) in [6.07, 6.45) is 1.88. The van der Waals surface area contributed by atoms with E-state index in [-0.39, 0.29) is 11.3 Å². The minimum absolute atomic E-state index is 0.0434. The molecular formula is C14H28N2O3S. The number of piperidine rings is 1. The molecule has 0 aromatic heterocycles. The van der Waals surface area contributed by atoms with Crippen molar-refractivity contribution in [3.8, 4) is 0 Å². The molecule has 118 valence electrons. The van der Waals surface area contributed by atoms with E-state index in [9.17, 15) is 8.42 Å². The predicted molar refractivity (Wildman–Crippen MR) is 80.1 cm³/mol. The zero-order valence-electron chi connectivity index (χ0n) is 12.8. The van der Waals surface area contributed by atoms with Crippen LogP contribution in [0.5, 0.6) is 0 Å². The van der Waals surface area contributed by atoms with E-state index in [4.69, 9.17) is 4.74 Å². The highest BCUT2D eigenvalue weighted by Gasteiger charge is 2.31. The van der Waals surface area contributed by atoms with E-state index in [2.05, 4.69) is 23.5 Å². The number of likely N-dealkylation sites (tertiary alicyclic amines) is 1. The summed E-state index contributed by atoms with van der Waals surface area (Å²) in [6.45, 7) is 10.3. The number of rotatable bonds is 5. The third-order valence-electron chi connectivity index (χ3n) is 4.17. The molecule has 2 aliphatic rings. The summed E-state index contributed by atoms with van der Waals surface area (Å²) in [5.41, 5.74) is 0. The van der Waals surface area contributed by atoms with Crippen LogP contribution in [0, 0.1) is 11.8 Å². The second-order valence-electron chi connectivity index (χ2n) is 6.71. The lowest BCUT2D eigenvalue weighted by atomic mass is 9.92. The van der Waals surface area contributed by atoms with E-state index >= 15 is 0 Å². The zero-order chi connectivity index (χ0) is 14.8. The molecule has 0 aliphatic carbocycles. The van der Waals surface area contributed by atoms with Crippen molar-refractivity contribution in [1.82, 2.24) is 9.62 Å². The van der Waals surface area contributed by atoms with E-state index in [1.54, 1.807) is 0 Å². The Labute approximate surface area is 123 Å². The Balaban J connectivity index is 1.84. The maximum absolute atomic E-state index is 12.2. The van der Waals surface area contributed by atoms with Gasteiger partial charge >= 0.3 is 0 Å². The molecule has 0 amide bonds. The fourth-order valence-corrected chi connectivity index (χ4v) is 5.01. The van der Waals surface area contributed by atoms with Crippen LogP contribution in [0.2, 0.25) is 0 Å². The Morgan fingerprint density at radius 2 is 1.95 bits per heavy atom. The van der Waals surface area contributed by atoms with Crippen LogP contribution >= 0.6 is 0 Å². The minimum atomic E-state index is -3.24. The smallest absolute Gasteiger partial charge is 0.217 e. The van der Waals surface area contributed by atoms with Crippen LogP contribution in [0.25, 0.3) is 0 Å². The number of sulfonamides is 1. The standard InChI is InChI=1S/C14H28N2O3S/c1-11-6-12(2)8-16(7-11)9-13(3)15-20(17,18)14-4-5-19-10-14/h11-15H,4-10H2,1-3H3/t11-,12+,13-,14-/m1/s1. The first kappa shape index (κ1) is 16.2. The summed E-state index contributed by atoms with van der Waals surface area (Å²) in [5, 5.41) is -0.371. The first-order valence-electron chi connectivity index (χ1n) is 7.68. The number of nitrogens with zero attached hydrogens (tertiary/aromatic N) is 1. The average Bonchev–Trinajstić information content (AvgIpc) is 2.79. The molecule has 0 aromatic carbocycles. The van der Waals surface area contributed by atoms with Gasteiger partial charge in [-0.2, -0.15) is 0 Å². The third kappa shape index (κ3) is 4.41. The minimum Gasteiger partial charge on any atom is -0.380 e. The Morgan fingerprint density at radius 1 is 1.30 bits per heavy atom. The topological polar surface area (TPSA) is 58.6 Å². The molecule has 0 bridgehead atoms. The molecule has 2 heterocycles. The highest BCUT2D eigenvalue weighted by molar-refractivity contribution is 7.90. The molecule has 20 heavy (non-hydrogen) atoms. The van der Waals surface area contributed by atoms with Crippen molar-refractivity contribution in [1.29, 1.82) is 0 Å². The van der Waals surface area contributed by atoms with Gasteiger partial charge in [-0.15, -0.1) is 0 Å². The van der Waals surface area contributed by atoms with Crippen LogP contribution in [0.3, 0.4) is 0 Å². The molecule has 0 saturated carbocycles. The lowest BCUT2D eigenvalue weighted by Gasteiger charge is -2.36. The summed E-state index contributed by atoms with van der Waals surface area (Å²) >= 11 is 0. The van der Waals surface area contributed by atoms with Crippen molar-refractivity contribution in [3.63, 3.8) is 0 Å². The van der Waals surface area contributed by atoms with E-state index in [0.29, 0.717) is 31.5 Å². The maximum Gasteiger partial charge on any atom is 0.217 e. The van der Waals surface area contributed by atoms with Crippen LogP contribution in [-0.2, 0) is 14.8 Å². The molecule has 2 rings (SSSR count). The number of ether oxygens (including phenoxy) is 1. The molecule has 2 fully saturated rings. The Hall–Kier alpha value is -0.170. The first-order valence-corrected chi connectivity index (χ1v) is 9.22. The van der Waals surface area contributed by atoms with Crippen molar-refractivity contribution in [2.24, 2.45) is 11.8 Å². The number of hydrogen-bond acceptors (Lipinski definition) is 4. The fourth-order valence-electron chi connectivity index (χ4n) is 3.50. The highest BCUT2D eigenvalue weighted by atomic mass is 32.2. The number of hydrogen-bond donors (Lipinski definition) is 1. The van der Waals surface area contributed by atoms with E-state index in [1.807, 2.05) is 6.92 Å². The fraction of sp³-hybridized carbons (Fsp3) is 1.00. The van der Waals surface area contributed by atoms with Gasteiger partial charge in [0.2, 0.25) is 10.0 Å². The van der Waals surface area contributed by atoms with Gasteiger partial charge < -0.3 is 9.64 Å². The van der Waals surface area contributed by atoms with Gasteiger partial charge in [0, 0.05) is 32.3 Å². The quantitative estimate of drug-likeness (QED) is 0.825. The van der Waals surface area contributed by atoms with Crippen LogP contribution in [0.4, 0.5) is 0 Å². The predicted octanol–water partition coefficient (Wildman–Crippen LogP) is 1.06. The molecule has 5 nitrogen and oxygen atoms in total. The first-order chi connectivity index (χ1) is 9.37. The van der Waals surface area contributed by atoms with Crippen molar-refractivity contribution < 1.29 is 13.2 Å². The average molecular weight is 304 g/mol. The normalized spacial score (nSPS) is 34.2. The Bertz CT molecular complexity index is 397. The zero-order valence-corrected chi connectivity index (χ0v) is 13.7. The van der Waals surface area contributed by atoms with Gasteiger partial charge in [-0.25, -0.2) is 13.1 Å². The molecule has 2 saturated heterocycles. The van der Waals surface area contributed by atoms with Crippen LogP contribution < -0.4 is 4.72 Å². The van der Waals surface area contributed by atoms with Crippen molar-refractivity contribution >= 4 is 10.0 Å². The Morgan fingerprint density at radius 3 is 2.50 bits per heavy atom. The van der Waals surface area contributed by atoms with E-state index in [0.717, 1.165) is 19.6 Å². The van der Waals surface area contributed by atoms with Crippen LogP contribution in [0.1, 0.15) is 33.6 Å². The molecule has 0 aromatic rings. The second kappa shape index (κ2) is 6.73. The van der Waals surface area contributed by atoms with E-state index < -0.39 is 10.0 Å². The summed E-state index contributed by atoms with van der Waals surface area (Å²) in [4.78, 5) is 2.39. The van der Waals surface area contributed by atoms with E-state index in [1.165, 1.54) is 6.42 Å². The van der Waals surface area contributed by atoms with Gasteiger partial charge in [0.25, 0.3) is 0 Å². The maximum atomic E-state index is 12.2. The Kier molecular flexibility index (Phi) is 5.45. The highest BCUT2D eigenvalue weighted by Crippen LogP contribution is 2.21. The summed E-state index contributed by atoms with van der Waals surface area (Å²) in [7, 11) is -3.24. The van der Waals surface area contributed by atoms with Gasteiger partial charge in [-0.05, 0) is 31.6 Å². The number of nitrogens with one attached hydrogen (secondary N) is 1. The largest absolute Gasteiger partial charge is 0.380 e. The monoisotopic (exact) mass is 304 g/mol. The molecule has 4 atom stereocenters. The van der Waals surface area contributed by atoms with Gasteiger partial charge in [0.15, 0.2) is 0 Å². The summed E-state index contributed by atoms with van der Waals surface area (Å²) in [6, 6.07) is -0.0434. The molecule has 0 unspecified atom stereocenters. The van der Waals surface area contributed by atoms with Crippen LogP contribution in [-0.4, -0.2) is 57.5 Å². The molecule has 0 spiro atoms. The molecule has 2 aliphatic heterocycles. The second-order valence-corrected chi connectivity index (χ2v) is 8.71. The molecule has 6 heteroatoms. The molecule has 1 N–H and O–H groups in total. The van der Waals surface area contributed by atoms with Crippen molar-refractivity contribution in [3.05, 3.63) is 0 Å². The molecular weight excluding hydrogens is 276 g/mol. The van der Waals surface area contributed by atoms with Gasteiger partial charge in [0.05, 0.1) is 6.61 Å². The van der Waals surface area contributed by atoms with Crippen molar-refractivity contribution in [2.45, 2.75) is 44.9 Å². The summed E-state index contributed by atoms with van der Waals surface area (Å²) < 4.78 is 32.4.